The Kier molecular flexibility index (Phi) is 5.86. The first-order valence-electron chi connectivity index (χ1n) is 8.96. The van der Waals surface area contributed by atoms with Gasteiger partial charge in [-0.25, -0.2) is 0 Å². The highest BCUT2D eigenvalue weighted by atomic mass is 16.5. The number of ether oxygens (including phenoxy) is 1. The second-order valence-electron chi connectivity index (χ2n) is 6.50. The van der Waals surface area contributed by atoms with Gasteiger partial charge in [-0.05, 0) is 56.2 Å². The molecule has 1 N–H and O–H groups in total. The Labute approximate surface area is 158 Å². The van der Waals surface area contributed by atoms with Crippen molar-refractivity contribution in [2.24, 2.45) is 0 Å². The van der Waals surface area contributed by atoms with E-state index in [4.69, 9.17) is 4.74 Å². The zero-order valence-electron chi connectivity index (χ0n) is 15.2. The monoisotopic (exact) mass is 366 g/mol. The van der Waals surface area contributed by atoms with E-state index in [1.54, 1.807) is 48.5 Å². The fourth-order valence-corrected chi connectivity index (χ4v) is 2.95. The van der Waals surface area contributed by atoms with Crippen LogP contribution >= 0.6 is 0 Å². The number of anilines is 1. The van der Waals surface area contributed by atoms with E-state index in [1.165, 1.54) is 6.92 Å². The lowest BCUT2D eigenvalue weighted by molar-refractivity contribution is -0.118. The van der Waals surface area contributed by atoms with Crippen molar-refractivity contribution in [3.63, 3.8) is 0 Å². The van der Waals surface area contributed by atoms with Crippen LogP contribution in [0, 0.1) is 0 Å². The number of nitrogens with zero attached hydrogens (tertiary/aromatic N) is 1. The van der Waals surface area contributed by atoms with Crippen molar-refractivity contribution < 1.29 is 19.1 Å². The number of hydrogen-bond donors (Lipinski definition) is 1. The van der Waals surface area contributed by atoms with Gasteiger partial charge in [-0.15, -0.1) is 0 Å². The van der Waals surface area contributed by atoms with Crippen LogP contribution in [0.25, 0.3) is 0 Å². The zero-order valence-corrected chi connectivity index (χ0v) is 15.2. The predicted molar refractivity (Wildman–Crippen MR) is 102 cm³/mol. The van der Waals surface area contributed by atoms with E-state index in [9.17, 15) is 14.4 Å². The Bertz CT molecular complexity index is 840. The molecule has 1 fully saturated rings. The molecule has 0 aliphatic carbocycles. The zero-order chi connectivity index (χ0) is 19.2. The van der Waals surface area contributed by atoms with E-state index in [-0.39, 0.29) is 24.2 Å². The van der Waals surface area contributed by atoms with Crippen molar-refractivity contribution >= 4 is 23.3 Å². The molecule has 6 nitrogen and oxygen atoms in total. The number of hydrogen-bond acceptors (Lipinski definition) is 4. The highest BCUT2D eigenvalue weighted by Crippen LogP contribution is 2.16. The van der Waals surface area contributed by atoms with Crippen molar-refractivity contribution in [3.05, 3.63) is 59.7 Å². The van der Waals surface area contributed by atoms with Gasteiger partial charge in [-0.1, -0.05) is 12.1 Å². The molecular weight excluding hydrogens is 344 g/mol. The molecule has 0 radical (unpaired) electrons. The van der Waals surface area contributed by atoms with Crippen LogP contribution in [-0.4, -0.2) is 42.2 Å². The first-order valence-corrected chi connectivity index (χ1v) is 8.96. The average molecular weight is 366 g/mol. The van der Waals surface area contributed by atoms with Gasteiger partial charge in [0.2, 0.25) is 0 Å². The van der Waals surface area contributed by atoms with Crippen molar-refractivity contribution in [1.82, 2.24) is 4.90 Å². The number of nitrogens with one attached hydrogen (secondary N) is 1. The third-order valence-electron chi connectivity index (χ3n) is 4.42. The van der Waals surface area contributed by atoms with Gasteiger partial charge in [0.25, 0.3) is 11.8 Å². The summed E-state index contributed by atoms with van der Waals surface area (Å²) in [7, 11) is 0. The summed E-state index contributed by atoms with van der Waals surface area (Å²) >= 11 is 0. The Hall–Kier alpha value is -3.15. The number of rotatable bonds is 6. The van der Waals surface area contributed by atoms with Crippen molar-refractivity contribution in [1.29, 1.82) is 0 Å². The minimum atomic E-state index is -0.318. The maximum Gasteiger partial charge on any atom is 0.262 e. The van der Waals surface area contributed by atoms with E-state index < -0.39 is 0 Å². The summed E-state index contributed by atoms with van der Waals surface area (Å²) in [4.78, 5) is 37.6. The Balaban J connectivity index is 1.52. The van der Waals surface area contributed by atoms with Crippen LogP contribution in [0.2, 0.25) is 0 Å². The normalized spacial score (nSPS) is 13.3. The fraction of sp³-hybridized carbons (Fsp3) is 0.286. The first kappa shape index (κ1) is 18.6. The molecule has 0 spiro atoms. The molecule has 140 valence electrons. The molecule has 27 heavy (non-hydrogen) atoms. The van der Waals surface area contributed by atoms with Crippen molar-refractivity contribution in [2.75, 3.05) is 25.0 Å². The van der Waals surface area contributed by atoms with Crippen molar-refractivity contribution in [2.45, 2.75) is 19.8 Å². The van der Waals surface area contributed by atoms with E-state index >= 15 is 0 Å². The molecule has 0 bridgehead atoms. The summed E-state index contributed by atoms with van der Waals surface area (Å²) < 4.78 is 5.44. The number of carbonyl (C=O) groups is 3. The van der Waals surface area contributed by atoms with Gasteiger partial charge in [0.15, 0.2) is 12.4 Å². The second-order valence-corrected chi connectivity index (χ2v) is 6.50. The summed E-state index contributed by atoms with van der Waals surface area (Å²) in [5, 5.41) is 2.73. The molecule has 6 heteroatoms. The molecule has 1 saturated heterocycles. The second kappa shape index (κ2) is 8.49. The van der Waals surface area contributed by atoms with Crippen LogP contribution in [0.3, 0.4) is 0 Å². The number of Topliss-reactive ketones (excluding diaryl/α,β-unsaturated/α-hetero) is 1. The van der Waals surface area contributed by atoms with Gasteiger partial charge in [-0.3, -0.25) is 14.4 Å². The summed E-state index contributed by atoms with van der Waals surface area (Å²) in [5.74, 6) is 0.110. The molecule has 1 aliphatic heterocycles. The molecule has 2 aromatic carbocycles. The fourth-order valence-electron chi connectivity index (χ4n) is 2.95. The molecule has 2 amide bonds. The van der Waals surface area contributed by atoms with Crippen LogP contribution < -0.4 is 10.1 Å². The molecule has 0 saturated carbocycles. The van der Waals surface area contributed by atoms with Crippen LogP contribution in [-0.2, 0) is 4.79 Å². The topological polar surface area (TPSA) is 75.7 Å². The standard InChI is InChI=1S/C21H22N2O4/c1-15(24)17-5-4-6-19(13-17)27-14-20(25)22-18-9-7-16(8-10-18)21(26)23-11-2-3-12-23/h4-10,13H,2-3,11-12,14H2,1H3,(H,22,25). The SMILES string of the molecule is CC(=O)c1cccc(OCC(=O)Nc2ccc(C(=O)N3CCCC3)cc2)c1. The van der Waals surface area contributed by atoms with Gasteiger partial charge in [0.1, 0.15) is 5.75 Å². The van der Waals surface area contributed by atoms with E-state index in [2.05, 4.69) is 5.32 Å². The minimum Gasteiger partial charge on any atom is -0.484 e. The minimum absolute atomic E-state index is 0.0269. The molecule has 1 aliphatic rings. The summed E-state index contributed by atoms with van der Waals surface area (Å²) in [6.07, 6.45) is 2.10. The third-order valence-corrected chi connectivity index (χ3v) is 4.42. The van der Waals surface area contributed by atoms with E-state index in [0.29, 0.717) is 22.6 Å². The lowest BCUT2D eigenvalue weighted by Crippen LogP contribution is -2.27. The number of benzene rings is 2. The number of ketones is 1. The summed E-state index contributed by atoms with van der Waals surface area (Å²) in [5.41, 5.74) is 1.75. The molecule has 3 rings (SSSR count). The molecule has 0 aromatic heterocycles. The van der Waals surface area contributed by atoms with Gasteiger partial charge < -0.3 is 15.0 Å². The highest BCUT2D eigenvalue weighted by molar-refractivity contribution is 5.96. The number of amides is 2. The summed E-state index contributed by atoms with van der Waals surface area (Å²) in [6, 6.07) is 13.5. The lowest BCUT2D eigenvalue weighted by atomic mass is 10.1. The average Bonchev–Trinajstić information content (AvgIpc) is 3.21. The molecular formula is C21H22N2O4. The maximum atomic E-state index is 12.3. The van der Waals surface area contributed by atoms with Crippen LogP contribution in [0.1, 0.15) is 40.5 Å². The number of likely N-dealkylation sites (tertiary alicyclic amines) is 1. The lowest BCUT2D eigenvalue weighted by Gasteiger charge is -2.15. The maximum absolute atomic E-state index is 12.3. The first-order chi connectivity index (χ1) is 13.0. The third kappa shape index (κ3) is 4.94. The smallest absolute Gasteiger partial charge is 0.262 e. The van der Waals surface area contributed by atoms with Crippen LogP contribution in [0.15, 0.2) is 48.5 Å². The molecule has 1 heterocycles. The number of carbonyl (C=O) groups excluding carboxylic acids is 3. The highest BCUT2D eigenvalue weighted by Gasteiger charge is 2.19. The largest absolute Gasteiger partial charge is 0.484 e. The van der Waals surface area contributed by atoms with Crippen LogP contribution in [0.4, 0.5) is 5.69 Å². The van der Waals surface area contributed by atoms with Gasteiger partial charge in [0.05, 0.1) is 0 Å². The van der Waals surface area contributed by atoms with E-state index in [1.807, 2.05) is 4.90 Å². The quantitative estimate of drug-likeness (QED) is 0.797. The van der Waals surface area contributed by atoms with Gasteiger partial charge >= 0.3 is 0 Å². The molecule has 2 aromatic rings. The van der Waals surface area contributed by atoms with Gasteiger partial charge in [-0.2, -0.15) is 0 Å². The Morgan fingerprint density at radius 3 is 2.37 bits per heavy atom. The predicted octanol–water partition coefficient (Wildman–Crippen LogP) is 3.14. The molecule has 0 atom stereocenters. The van der Waals surface area contributed by atoms with E-state index in [0.717, 1.165) is 25.9 Å². The van der Waals surface area contributed by atoms with Crippen molar-refractivity contribution in [3.8, 4) is 5.75 Å². The Morgan fingerprint density at radius 1 is 1.00 bits per heavy atom. The molecule has 0 unspecified atom stereocenters. The van der Waals surface area contributed by atoms with Crippen LogP contribution in [0.5, 0.6) is 5.75 Å². The summed E-state index contributed by atoms with van der Waals surface area (Å²) in [6.45, 7) is 2.92. The van der Waals surface area contributed by atoms with Gasteiger partial charge in [0, 0.05) is 29.9 Å². The Morgan fingerprint density at radius 2 is 1.70 bits per heavy atom.